The summed E-state index contributed by atoms with van der Waals surface area (Å²) in [6.07, 6.45) is 2.63. The molecule has 2 N–H and O–H groups in total. The lowest BCUT2D eigenvalue weighted by Gasteiger charge is -2.34. The van der Waals surface area contributed by atoms with E-state index in [1.165, 1.54) is 0 Å². The highest BCUT2D eigenvalue weighted by atomic mass is 16.5. The molecule has 0 unspecified atom stereocenters. The Morgan fingerprint density at radius 3 is 2.88 bits per heavy atom. The molecule has 1 aliphatic carbocycles. The molecule has 1 saturated carbocycles. The number of hydrogen-bond acceptors (Lipinski definition) is 3. The summed E-state index contributed by atoms with van der Waals surface area (Å²) in [6, 6.07) is 8.00. The van der Waals surface area contributed by atoms with Gasteiger partial charge in [0.2, 0.25) is 0 Å². The van der Waals surface area contributed by atoms with Gasteiger partial charge in [0.05, 0.1) is 19.8 Å². The van der Waals surface area contributed by atoms with Gasteiger partial charge in [-0.15, -0.1) is 0 Å². The van der Waals surface area contributed by atoms with Gasteiger partial charge < -0.3 is 15.2 Å². The molecule has 88 valence electrons. The fourth-order valence-corrected chi connectivity index (χ4v) is 1.98. The first kappa shape index (κ1) is 11.4. The number of ether oxygens (including phenoxy) is 2. The van der Waals surface area contributed by atoms with Crippen LogP contribution in [0.1, 0.15) is 18.4 Å². The van der Waals surface area contributed by atoms with Gasteiger partial charge in [0.1, 0.15) is 5.75 Å². The number of benzene rings is 1. The van der Waals surface area contributed by atoms with E-state index in [9.17, 15) is 0 Å². The van der Waals surface area contributed by atoms with Crippen LogP contribution in [0.2, 0.25) is 0 Å². The third-order valence-electron chi connectivity index (χ3n) is 3.15. The Morgan fingerprint density at radius 2 is 2.19 bits per heavy atom. The van der Waals surface area contributed by atoms with Crippen LogP contribution >= 0.6 is 0 Å². The van der Waals surface area contributed by atoms with Crippen LogP contribution in [0, 0.1) is 5.92 Å². The number of hydrogen-bond donors (Lipinski definition) is 1. The molecule has 16 heavy (non-hydrogen) atoms. The summed E-state index contributed by atoms with van der Waals surface area (Å²) in [5.74, 6) is 1.56. The predicted molar refractivity (Wildman–Crippen MR) is 63.3 cm³/mol. The van der Waals surface area contributed by atoms with E-state index >= 15 is 0 Å². The second-order valence-electron chi connectivity index (χ2n) is 4.36. The Morgan fingerprint density at radius 1 is 1.38 bits per heavy atom. The van der Waals surface area contributed by atoms with Crippen molar-refractivity contribution < 1.29 is 9.47 Å². The van der Waals surface area contributed by atoms with Gasteiger partial charge in [0.25, 0.3) is 0 Å². The Bertz CT molecular complexity index is 334. The van der Waals surface area contributed by atoms with Crippen molar-refractivity contribution in [2.45, 2.75) is 25.6 Å². The minimum absolute atomic E-state index is 0.403. The highest BCUT2D eigenvalue weighted by Gasteiger charge is 2.28. The molecule has 1 aromatic carbocycles. The molecule has 0 spiro atoms. The van der Waals surface area contributed by atoms with Crippen LogP contribution in [0.4, 0.5) is 0 Å². The largest absolute Gasteiger partial charge is 0.497 e. The lowest BCUT2D eigenvalue weighted by Crippen LogP contribution is -2.35. The maximum atomic E-state index is 5.78. The van der Waals surface area contributed by atoms with Crippen molar-refractivity contribution >= 4 is 0 Å². The summed E-state index contributed by atoms with van der Waals surface area (Å²) in [5, 5.41) is 0. The van der Waals surface area contributed by atoms with Crippen LogP contribution in [0.5, 0.6) is 5.75 Å². The molecule has 1 aromatic rings. The third-order valence-corrected chi connectivity index (χ3v) is 3.15. The van der Waals surface area contributed by atoms with Gasteiger partial charge in [-0.2, -0.15) is 0 Å². The highest BCUT2D eigenvalue weighted by molar-refractivity contribution is 5.27. The van der Waals surface area contributed by atoms with Gasteiger partial charge in [-0.05, 0) is 43.0 Å². The zero-order valence-electron chi connectivity index (χ0n) is 9.69. The molecule has 0 aliphatic heterocycles. The van der Waals surface area contributed by atoms with Crippen molar-refractivity contribution in [1.82, 2.24) is 0 Å². The summed E-state index contributed by atoms with van der Waals surface area (Å²) in [5.41, 5.74) is 6.73. The molecule has 0 saturated heterocycles. The van der Waals surface area contributed by atoms with E-state index < -0.39 is 0 Å². The Balaban J connectivity index is 1.77. The second-order valence-corrected chi connectivity index (χ2v) is 4.36. The summed E-state index contributed by atoms with van der Waals surface area (Å²) in [6.45, 7) is 1.46. The summed E-state index contributed by atoms with van der Waals surface area (Å²) in [7, 11) is 1.68. The van der Waals surface area contributed by atoms with Gasteiger partial charge in [0.15, 0.2) is 0 Å². The van der Waals surface area contributed by atoms with Gasteiger partial charge in [-0.25, -0.2) is 0 Å². The van der Waals surface area contributed by atoms with Crippen molar-refractivity contribution in [1.29, 1.82) is 0 Å². The van der Waals surface area contributed by atoms with Crippen LogP contribution in [-0.2, 0) is 11.3 Å². The molecule has 0 amide bonds. The molecular weight excluding hydrogens is 202 g/mol. The van der Waals surface area contributed by atoms with Crippen LogP contribution in [0.3, 0.4) is 0 Å². The standard InChI is InChI=1S/C13H19NO2/c1-15-12-4-2-3-10(5-12)9-16-13-6-11(7-13)8-14/h2-5,11,13H,6-9,14H2,1H3. The van der Waals surface area contributed by atoms with E-state index in [1.807, 2.05) is 18.2 Å². The number of methoxy groups -OCH3 is 1. The fraction of sp³-hybridized carbons (Fsp3) is 0.538. The average Bonchev–Trinajstić information content (AvgIpc) is 2.28. The van der Waals surface area contributed by atoms with Crippen molar-refractivity contribution in [2.24, 2.45) is 11.7 Å². The van der Waals surface area contributed by atoms with E-state index in [-0.39, 0.29) is 0 Å². The maximum absolute atomic E-state index is 5.78. The average molecular weight is 221 g/mol. The molecule has 0 atom stereocenters. The molecule has 1 fully saturated rings. The minimum atomic E-state index is 0.403. The van der Waals surface area contributed by atoms with Crippen LogP contribution in [-0.4, -0.2) is 19.8 Å². The first-order valence-electron chi connectivity index (χ1n) is 5.76. The number of rotatable bonds is 5. The molecule has 3 nitrogen and oxygen atoms in total. The van der Waals surface area contributed by atoms with Gasteiger partial charge in [-0.1, -0.05) is 12.1 Å². The van der Waals surface area contributed by atoms with Gasteiger partial charge in [0, 0.05) is 0 Å². The van der Waals surface area contributed by atoms with Crippen molar-refractivity contribution in [2.75, 3.05) is 13.7 Å². The Labute approximate surface area is 96.5 Å². The Kier molecular flexibility index (Phi) is 3.80. The second kappa shape index (κ2) is 5.32. The van der Waals surface area contributed by atoms with Gasteiger partial charge in [-0.3, -0.25) is 0 Å². The zero-order chi connectivity index (χ0) is 11.4. The monoisotopic (exact) mass is 221 g/mol. The topological polar surface area (TPSA) is 44.5 Å². The molecule has 0 bridgehead atoms. The van der Waals surface area contributed by atoms with E-state index in [4.69, 9.17) is 15.2 Å². The van der Waals surface area contributed by atoms with Gasteiger partial charge >= 0.3 is 0 Å². The SMILES string of the molecule is COc1cccc(COC2CC(CN)C2)c1. The smallest absolute Gasteiger partial charge is 0.119 e. The first-order chi connectivity index (χ1) is 7.81. The third kappa shape index (κ3) is 2.74. The fourth-order valence-electron chi connectivity index (χ4n) is 1.98. The lowest BCUT2D eigenvalue weighted by atomic mass is 9.82. The zero-order valence-corrected chi connectivity index (χ0v) is 9.69. The Hall–Kier alpha value is -1.06. The van der Waals surface area contributed by atoms with Crippen molar-refractivity contribution in [3.63, 3.8) is 0 Å². The summed E-state index contributed by atoms with van der Waals surface area (Å²) in [4.78, 5) is 0. The first-order valence-corrected chi connectivity index (χ1v) is 5.76. The van der Waals surface area contributed by atoms with Crippen LogP contribution in [0.15, 0.2) is 24.3 Å². The molecule has 1 aliphatic rings. The molecular formula is C13H19NO2. The van der Waals surface area contributed by atoms with E-state index in [1.54, 1.807) is 7.11 Å². The van der Waals surface area contributed by atoms with E-state index in [2.05, 4.69) is 6.07 Å². The molecule has 0 heterocycles. The van der Waals surface area contributed by atoms with Crippen LogP contribution in [0.25, 0.3) is 0 Å². The van der Waals surface area contributed by atoms with Crippen molar-refractivity contribution in [3.05, 3.63) is 29.8 Å². The van der Waals surface area contributed by atoms with Crippen molar-refractivity contribution in [3.8, 4) is 5.75 Å². The van der Waals surface area contributed by atoms with E-state index in [0.717, 1.165) is 30.7 Å². The van der Waals surface area contributed by atoms with Crippen LogP contribution < -0.4 is 10.5 Å². The van der Waals surface area contributed by atoms with E-state index in [0.29, 0.717) is 18.6 Å². The summed E-state index contributed by atoms with van der Waals surface area (Å²) < 4.78 is 10.9. The maximum Gasteiger partial charge on any atom is 0.119 e. The molecule has 3 heteroatoms. The highest BCUT2D eigenvalue weighted by Crippen LogP contribution is 2.29. The molecule has 0 radical (unpaired) electrons. The number of nitrogens with two attached hydrogens (primary N) is 1. The molecule has 0 aromatic heterocycles. The molecule has 2 rings (SSSR count). The minimum Gasteiger partial charge on any atom is -0.497 e. The quantitative estimate of drug-likeness (QED) is 0.826. The normalized spacial score (nSPS) is 23.9. The lowest BCUT2D eigenvalue weighted by molar-refractivity contribution is -0.0376. The summed E-state index contributed by atoms with van der Waals surface area (Å²) >= 11 is 0. The predicted octanol–water partition coefficient (Wildman–Crippen LogP) is 1.95.